The first-order valence-corrected chi connectivity index (χ1v) is 4.35. The molecule has 0 atom stereocenters. The molecular weight excluding hydrogens is 172 g/mol. The van der Waals surface area contributed by atoms with Crippen molar-refractivity contribution in [3.63, 3.8) is 0 Å². The number of rotatable bonds is 2. The maximum atomic E-state index is 6.98. The van der Waals surface area contributed by atoms with Gasteiger partial charge in [-0.15, -0.1) is 0 Å². The first-order valence-electron chi connectivity index (χ1n) is 3.36. The van der Waals surface area contributed by atoms with E-state index in [9.17, 15) is 0 Å². The van der Waals surface area contributed by atoms with Crippen LogP contribution in [0.1, 0.15) is 5.69 Å². The molecule has 0 aliphatic rings. The van der Waals surface area contributed by atoms with Gasteiger partial charge in [0.15, 0.2) is 5.17 Å². The molecule has 0 amide bonds. The van der Waals surface area contributed by atoms with E-state index in [4.69, 9.17) is 16.9 Å². The molecule has 1 aromatic heterocycles. The van der Waals surface area contributed by atoms with Crippen molar-refractivity contribution in [2.75, 3.05) is 5.73 Å². The van der Waals surface area contributed by atoms with Crippen molar-refractivity contribution >= 4 is 22.7 Å². The van der Waals surface area contributed by atoms with Crippen LogP contribution in [0.25, 0.3) is 0 Å². The summed E-state index contributed by atoms with van der Waals surface area (Å²) in [6.45, 7) is 0. The van der Waals surface area contributed by atoms with Gasteiger partial charge in [-0.25, -0.2) is 4.98 Å². The van der Waals surface area contributed by atoms with Crippen molar-refractivity contribution < 1.29 is 0 Å². The highest BCUT2D eigenvalue weighted by molar-refractivity contribution is 8.13. The fourth-order valence-electron chi connectivity index (χ4n) is 0.730. The molecule has 1 aromatic rings. The van der Waals surface area contributed by atoms with Crippen LogP contribution in [0.15, 0.2) is 18.2 Å². The largest absolute Gasteiger partial charge is 0.384 e. The van der Waals surface area contributed by atoms with Crippen molar-refractivity contribution in [1.29, 1.82) is 5.41 Å². The number of pyridine rings is 1. The molecule has 0 radical (unpaired) electrons. The summed E-state index contributed by atoms with van der Waals surface area (Å²) in [5.74, 6) is 1.09. The molecule has 0 saturated heterocycles. The van der Waals surface area contributed by atoms with Crippen LogP contribution in [0.5, 0.6) is 0 Å². The second-order valence-corrected chi connectivity index (χ2v) is 3.22. The van der Waals surface area contributed by atoms with E-state index in [2.05, 4.69) is 4.98 Å². The number of hydrogen-bond donors (Lipinski definition) is 3. The zero-order valence-electron chi connectivity index (χ0n) is 6.45. The molecule has 1 rings (SSSR count). The highest BCUT2D eigenvalue weighted by Crippen LogP contribution is 2.09. The summed E-state index contributed by atoms with van der Waals surface area (Å²) in [4.78, 5) is 4.05. The van der Waals surface area contributed by atoms with Crippen molar-refractivity contribution in [3.05, 3.63) is 23.9 Å². The summed E-state index contributed by atoms with van der Waals surface area (Å²) < 4.78 is 0. The topological polar surface area (TPSA) is 88.8 Å². The number of nitrogen functional groups attached to an aromatic ring is 1. The van der Waals surface area contributed by atoms with E-state index in [0.29, 0.717) is 11.6 Å². The van der Waals surface area contributed by atoms with Crippen LogP contribution >= 0.6 is 11.8 Å². The predicted molar refractivity (Wildman–Crippen MR) is 51.9 cm³/mol. The lowest BCUT2D eigenvalue weighted by atomic mass is 10.4. The van der Waals surface area contributed by atoms with E-state index in [0.717, 1.165) is 5.69 Å². The quantitative estimate of drug-likeness (QED) is 0.466. The van der Waals surface area contributed by atoms with E-state index in [-0.39, 0.29) is 5.17 Å². The van der Waals surface area contributed by atoms with Gasteiger partial charge in [0.25, 0.3) is 0 Å². The van der Waals surface area contributed by atoms with E-state index < -0.39 is 0 Å². The number of nitrogens with zero attached hydrogens (tertiary/aromatic N) is 1. The number of anilines is 1. The second-order valence-electron chi connectivity index (χ2n) is 2.21. The highest BCUT2D eigenvalue weighted by Gasteiger charge is 1.96. The van der Waals surface area contributed by atoms with Crippen LogP contribution in [0.2, 0.25) is 0 Å². The molecule has 4 nitrogen and oxygen atoms in total. The van der Waals surface area contributed by atoms with Gasteiger partial charge >= 0.3 is 0 Å². The second kappa shape index (κ2) is 3.96. The molecular formula is C7H10N4S. The third-order valence-corrected chi connectivity index (χ3v) is 1.95. The Morgan fingerprint density at radius 2 is 2.33 bits per heavy atom. The summed E-state index contributed by atoms with van der Waals surface area (Å²) in [5, 5.41) is 7.08. The van der Waals surface area contributed by atoms with Crippen LogP contribution in [-0.2, 0) is 5.75 Å². The minimum atomic E-state index is 0.0965. The number of aromatic nitrogens is 1. The molecule has 5 heteroatoms. The zero-order valence-corrected chi connectivity index (χ0v) is 7.27. The van der Waals surface area contributed by atoms with Crippen LogP contribution < -0.4 is 11.5 Å². The molecule has 0 spiro atoms. The fourth-order valence-corrected chi connectivity index (χ4v) is 1.19. The first kappa shape index (κ1) is 8.86. The Bertz CT molecular complexity index is 286. The average molecular weight is 182 g/mol. The first-order chi connectivity index (χ1) is 5.68. The molecule has 5 N–H and O–H groups in total. The van der Waals surface area contributed by atoms with Gasteiger partial charge in [-0.05, 0) is 12.1 Å². The number of hydrogen-bond acceptors (Lipinski definition) is 4. The smallest absolute Gasteiger partial charge is 0.151 e. The molecule has 0 unspecified atom stereocenters. The van der Waals surface area contributed by atoms with Crippen molar-refractivity contribution in [3.8, 4) is 0 Å². The van der Waals surface area contributed by atoms with E-state index >= 15 is 0 Å². The van der Waals surface area contributed by atoms with Gasteiger partial charge in [0, 0.05) is 5.75 Å². The summed E-state index contributed by atoms with van der Waals surface area (Å²) in [5.41, 5.74) is 11.5. The van der Waals surface area contributed by atoms with Gasteiger partial charge < -0.3 is 11.5 Å². The zero-order chi connectivity index (χ0) is 8.97. The predicted octanol–water partition coefficient (Wildman–Crippen LogP) is 0.790. The lowest BCUT2D eigenvalue weighted by Crippen LogP contribution is -2.04. The van der Waals surface area contributed by atoms with E-state index in [1.807, 2.05) is 12.1 Å². The van der Waals surface area contributed by atoms with Gasteiger partial charge in [-0.3, -0.25) is 5.41 Å². The van der Waals surface area contributed by atoms with Gasteiger partial charge in [0.2, 0.25) is 0 Å². The Balaban J connectivity index is 2.57. The molecule has 12 heavy (non-hydrogen) atoms. The molecule has 64 valence electrons. The number of nitrogens with one attached hydrogen (secondary N) is 1. The molecule has 0 fully saturated rings. The molecule has 0 saturated carbocycles. The Hall–Kier alpha value is -1.23. The van der Waals surface area contributed by atoms with Crippen LogP contribution in [0.3, 0.4) is 0 Å². The van der Waals surface area contributed by atoms with Gasteiger partial charge in [0.1, 0.15) is 5.82 Å². The number of thioether (sulfide) groups is 1. The number of nitrogens with two attached hydrogens (primary N) is 2. The molecule has 1 heterocycles. The summed E-state index contributed by atoms with van der Waals surface area (Å²) in [6, 6.07) is 5.41. The van der Waals surface area contributed by atoms with E-state index in [1.165, 1.54) is 11.8 Å². The minimum absolute atomic E-state index is 0.0965. The van der Waals surface area contributed by atoms with Crippen molar-refractivity contribution in [2.45, 2.75) is 5.75 Å². The Morgan fingerprint density at radius 3 is 2.92 bits per heavy atom. The normalized spacial score (nSPS) is 9.67. The van der Waals surface area contributed by atoms with Crippen LogP contribution in [-0.4, -0.2) is 10.2 Å². The SMILES string of the molecule is N=C(N)SCc1cccc(N)n1. The minimum Gasteiger partial charge on any atom is -0.384 e. The molecule has 0 aliphatic heterocycles. The summed E-state index contributed by atoms with van der Waals surface area (Å²) >= 11 is 1.24. The maximum absolute atomic E-state index is 6.98. The molecule has 0 bridgehead atoms. The molecule has 0 aliphatic carbocycles. The monoisotopic (exact) mass is 182 g/mol. The Kier molecular flexibility index (Phi) is 2.93. The van der Waals surface area contributed by atoms with Crippen LogP contribution in [0, 0.1) is 5.41 Å². The number of amidine groups is 1. The van der Waals surface area contributed by atoms with Gasteiger partial charge in [-0.1, -0.05) is 17.8 Å². The third-order valence-electron chi connectivity index (χ3n) is 1.20. The summed E-state index contributed by atoms with van der Waals surface area (Å²) in [7, 11) is 0. The molecule has 0 aromatic carbocycles. The van der Waals surface area contributed by atoms with Gasteiger partial charge in [0.05, 0.1) is 5.69 Å². The van der Waals surface area contributed by atoms with E-state index in [1.54, 1.807) is 6.07 Å². The lowest BCUT2D eigenvalue weighted by molar-refractivity contribution is 1.19. The Labute approximate surface area is 74.9 Å². The highest BCUT2D eigenvalue weighted by atomic mass is 32.2. The fraction of sp³-hybridized carbons (Fsp3) is 0.143. The maximum Gasteiger partial charge on any atom is 0.151 e. The average Bonchev–Trinajstić information content (AvgIpc) is 2.01. The standard InChI is InChI=1S/C7H10N4S/c8-6-3-1-2-5(11-6)4-12-7(9)10/h1-3H,4H2,(H2,8,11)(H3,9,10). The lowest BCUT2D eigenvalue weighted by Gasteiger charge is -1.99. The Morgan fingerprint density at radius 1 is 1.58 bits per heavy atom. The van der Waals surface area contributed by atoms with Crippen LogP contribution in [0.4, 0.5) is 5.82 Å². The van der Waals surface area contributed by atoms with Crippen molar-refractivity contribution in [1.82, 2.24) is 4.98 Å². The third kappa shape index (κ3) is 2.79. The van der Waals surface area contributed by atoms with Gasteiger partial charge in [-0.2, -0.15) is 0 Å². The van der Waals surface area contributed by atoms with Crippen molar-refractivity contribution in [2.24, 2.45) is 5.73 Å². The summed E-state index contributed by atoms with van der Waals surface area (Å²) in [6.07, 6.45) is 0.